The van der Waals surface area contributed by atoms with Crippen LogP contribution in [0.15, 0.2) is 24.3 Å². The molecule has 0 heterocycles. The van der Waals surface area contributed by atoms with Gasteiger partial charge in [-0.25, -0.2) is 13.1 Å². The average Bonchev–Trinajstić information content (AvgIpc) is 2.20. The highest BCUT2D eigenvalue weighted by molar-refractivity contribution is 7.88. The summed E-state index contributed by atoms with van der Waals surface area (Å²) in [5.74, 6) is -0.177. The van der Waals surface area contributed by atoms with E-state index < -0.39 is 16.1 Å². The Kier molecular flexibility index (Phi) is 4.28. The Bertz CT molecular complexity index is 445. The molecule has 6 heteroatoms. The van der Waals surface area contributed by atoms with E-state index in [9.17, 15) is 8.42 Å². The Hall–Kier alpha value is -1.11. The fourth-order valence-electron chi connectivity index (χ4n) is 1.26. The summed E-state index contributed by atoms with van der Waals surface area (Å²) in [6.45, 7) is 1.36. The van der Waals surface area contributed by atoms with Crippen LogP contribution >= 0.6 is 0 Å². The molecule has 1 aromatic carbocycles. The Balaban J connectivity index is 2.77. The number of anilines is 1. The van der Waals surface area contributed by atoms with Crippen LogP contribution in [0.5, 0.6) is 0 Å². The molecule has 0 aliphatic rings. The molecule has 0 fully saturated rings. The van der Waals surface area contributed by atoms with Crippen molar-refractivity contribution < 1.29 is 13.5 Å². The second kappa shape index (κ2) is 5.29. The van der Waals surface area contributed by atoms with Crippen molar-refractivity contribution in [2.75, 3.05) is 12.3 Å². The third-order valence-electron chi connectivity index (χ3n) is 2.06. The summed E-state index contributed by atoms with van der Waals surface area (Å²) in [5, 5.41) is 8.77. The third kappa shape index (κ3) is 3.80. The molecule has 16 heavy (non-hydrogen) atoms. The van der Waals surface area contributed by atoms with Crippen LogP contribution in [0.1, 0.15) is 12.5 Å². The summed E-state index contributed by atoms with van der Waals surface area (Å²) in [6.07, 6.45) is 0. The lowest BCUT2D eigenvalue weighted by Gasteiger charge is -2.12. The second-order valence-corrected chi connectivity index (χ2v) is 5.41. The molecule has 0 radical (unpaired) electrons. The number of para-hydroxylation sites is 1. The number of hydrogen-bond donors (Lipinski definition) is 3. The van der Waals surface area contributed by atoms with Gasteiger partial charge in [0.15, 0.2) is 0 Å². The highest BCUT2D eigenvalue weighted by Crippen LogP contribution is 2.13. The van der Waals surface area contributed by atoms with Crippen molar-refractivity contribution in [1.29, 1.82) is 0 Å². The van der Waals surface area contributed by atoms with E-state index in [0.717, 1.165) is 0 Å². The van der Waals surface area contributed by atoms with E-state index >= 15 is 0 Å². The van der Waals surface area contributed by atoms with E-state index in [-0.39, 0.29) is 12.4 Å². The minimum Gasteiger partial charge on any atom is -0.398 e. The van der Waals surface area contributed by atoms with Gasteiger partial charge in [0.1, 0.15) is 0 Å². The average molecular weight is 244 g/mol. The molecule has 1 unspecified atom stereocenters. The van der Waals surface area contributed by atoms with Crippen LogP contribution in [-0.4, -0.2) is 26.2 Å². The summed E-state index contributed by atoms with van der Waals surface area (Å²) < 4.78 is 25.6. The highest BCUT2D eigenvalue weighted by Gasteiger charge is 2.15. The van der Waals surface area contributed by atoms with Gasteiger partial charge in [0.2, 0.25) is 10.0 Å². The van der Waals surface area contributed by atoms with E-state index in [2.05, 4.69) is 4.72 Å². The molecular weight excluding hydrogens is 228 g/mol. The molecule has 0 saturated carbocycles. The number of aliphatic hydroxyl groups excluding tert-OH is 1. The minimum absolute atomic E-state index is 0.177. The first kappa shape index (κ1) is 13.0. The molecule has 1 atom stereocenters. The number of nitrogens with one attached hydrogen (secondary N) is 1. The zero-order chi connectivity index (χ0) is 12.2. The Labute approximate surface area is 95.3 Å². The molecule has 0 aromatic heterocycles. The molecule has 0 saturated heterocycles. The molecule has 4 N–H and O–H groups in total. The van der Waals surface area contributed by atoms with E-state index in [4.69, 9.17) is 10.8 Å². The van der Waals surface area contributed by atoms with Crippen molar-refractivity contribution in [2.45, 2.75) is 18.7 Å². The fraction of sp³-hybridized carbons (Fsp3) is 0.400. The van der Waals surface area contributed by atoms with Crippen LogP contribution in [0.25, 0.3) is 0 Å². The van der Waals surface area contributed by atoms with Crippen LogP contribution < -0.4 is 10.5 Å². The zero-order valence-electron chi connectivity index (χ0n) is 9.05. The van der Waals surface area contributed by atoms with Gasteiger partial charge in [-0.15, -0.1) is 0 Å². The van der Waals surface area contributed by atoms with Gasteiger partial charge < -0.3 is 10.8 Å². The molecule has 1 rings (SSSR count). The molecule has 0 bridgehead atoms. The van der Waals surface area contributed by atoms with Crippen LogP contribution in [0, 0.1) is 0 Å². The monoisotopic (exact) mass is 244 g/mol. The Morgan fingerprint density at radius 1 is 1.44 bits per heavy atom. The van der Waals surface area contributed by atoms with Crippen molar-refractivity contribution in [3.8, 4) is 0 Å². The summed E-state index contributed by atoms with van der Waals surface area (Å²) >= 11 is 0. The van der Waals surface area contributed by atoms with E-state index in [1.165, 1.54) is 0 Å². The zero-order valence-corrected chi connectivity index (χ0v) is 9.87. The molecule has 5 nitrogen and oxygen atoms in total. The Morgan fingerprint density at radius 2 is 2.06 bits per heavy atom. The molecule has 0 aliphatic carbocycles. The predicted molar refractivity (Wildman–Crippen MR) is 63.2 cm³/mol. The van der Waals surface area contributed by atoms with Crippen LogP contribution in [-0.2, 0) is 15.8 Å². The lowest BCUT2D eigenvalue weighted by molar-refractivity contribution is 0.265. The summed E-state index contributed by atoms with van der Waals surface area (Å²) in [6, 6.07) is 6.31. The first-order valence-corrected chi connectivity index (χ1v) is 6.54. The van der Waals surface area contributed by atoms with Gasteiger partial charge in [-0.1, -0.05) is 18.2 Å². The minimum atomic E-state index is -3.46. The van der Waals surface area contributed by atoms with Crippen molar-refractivity contribution in [1.82, 2.24) is 4.72 Å². The topological polar surface area (TPSA) is 92.4 Å². The molecular formula is C10H16N2O3S. The first-order chi connectivity index (χ1) is 7.44. The van der Waals surface area contributed by atoms with Gasteiger partial charge >= 0.3 is 0 Å². The lowest BCUT2D eigenvalue weighted by atomic mass is 10.2. The molecule has 1 aromatic rings. The third-order valence-corrected chi connectivity index (χ3v) is 3.51. The van der Waals surface area contributed by atoms with Gasteiger partial charge in [0.25, 0.3) is 0 Å². The lowest BCUT2D eigenvalue weighted by Crippen LogP contribution is -2.35. The first-order valence-electron chi connectivity index (χ1n) is 4.89. The van der Waals surface area contributed by atoms with Crippen LogP contribution in [0.4, 0.5) is 5.69 Å². The van der Waals surface area contributed by atoms with Crippen LogP contribution in [0.2, 0.25) is 0 Å². The SMILES string of the molecule is CC(CO)NS(=O)(=O)Cc1ccccc1N. The molecule has 0 amide bonds. The number of nitrogen functional groups attached to an aromatic ring is 1. The van der Waals surface area contributed by atoms with Gasteiger partial charge in [-0.3, -0.25) is 0 Å². The highest BCUT2D eigenvalue weighted by atomic mass is 32.2. The number of aliphatic hydroxyl groups is 1. The smallest absolute Gasteiger partial charge is 0.216 e. The molecule has 90 valence electrons. The normalized spacial score (nSPS) is 13.6. The van der Waals surface area contributed by atoms with Gasteiger partial charge in [-0.05, 0) is 18.6 Å². The summed E-state index contributed by atoms with van der Waals surface area (Å²) in [5.41, 5.74) is 6.65. The number of rotatable bonds is 5. The maximum Gasteiger partial charge on any atom is 0.216 e. The van der Waals surface area contributed by atoms with Gasteiger partial charge in [-0.2, -0.15) is 0 Å². The predicted octanol–water partition coefficient (Wildman–Crippen LogP) is 0.0690. The Morgan fingerprint density at radius 3 is 2.62 bits per heavy atom. The van der Waals surface area contributed by atoms with Gasteiger partial charge in [0, 0.05) is 11.7 Å². The van der Waals surface area contributed by atoms with Crippen LogP contribution in [0.3, 0.4) is 0 Å². The molecule has 0 spiro atoms. The van der Waals surface area contributed by atoms with Crippen molar-refractivity contribution >= 4 is 15.7 Å². The van der Waals surface area contributed by atoms with E-state index in [1.54, 1.807) is 31.2 Å². The number of sulfonamides is 1. The van der Waals surface area contributed by atoms with E-state index in [0.29, 0.717) is 11.3 Å². The number of benzene rings is 1. The quantitative estimate of drug-likeness (QED) is 0.639. The van der Waals surface area contributed by atoms with Gasteiger partial charge in [0.05, 0.1) is 12.4 Å². The van der Waals surface area contributed by atoms with Crippen molar-refractivity contribution in [3.63, 3.8) is 0 Å². The fourth-order valence-corrected chi connectivity index (χ4v) is 2.70. The second-order valence-electron chi connectivity index (χ2n) is 3.66. The largest absolute Gasteiger partial charge is 0.398 e. The maximum atomic E-state index is 11.6. The maximum absolute atomic E-state index is 11.6. The van der Waals surface area contributed by atoms with Crippen molar-refractivity contribution in [3.05, 3.63) is 29.8 Å². The standard InChI is InChI=1S/C10H16N2O3S/c1-8(6-13)12-16(14,15)7-9-4-2-3-5-10(9)11/h2-5,8,12-13H,6-7,11H2,1H3. The number of nitrogens with two attached hydrogens (primary N) is 1. The number of hydrogen-bond acceptors (Lipinski definition) is 4. The summed E-state index contributed by atoms with van der Waals surface area (Å²) in [4.78, 5) is 0. The summed E-state index contributed by atoms with van der Waals surface area (Å²) in [7, 11) is -3.46. The van der Waals surface area contributed by atoms with Crippen molar-refractivity contribution in [2.24, 2.45) is 0 Å². The molecule has 0 aliphatic heterocycles. The van der Waals surface area contributed by atoms with E-state index in [1.807, 2.05) is 0 Å².